The number of para-hydroxylation sites is 2. The molecule has 1 aromatic heterocycles. The topological polar surface area (TPSA) is 118 Å². The summed E-state index contributed by atoms with van der Waals surface area (Å²) in [6.07, 6.45) is 0. The fourth-order valence-corrected chi connectivity index (χ4v) is 3.71. The first-order valence-corrected chi connectivity index (χ1v) is 8.89. The molecule has 3 amide bonds. The molecule has 0 radical (unpaired) electrons. The summed E-state index contributed by atoms with van der Waals surface area (Å²) in [6, 6.07) is 8.36. The van der Waals surface area contributed by atoms with Crippen molar-refractivity contribution < 1.29 is 14.4 Å². The zero-order valence-corrected chi connectivity index (χ0v) is 15.3. The fraction of sp³-hybridized carbons (Fsp3) is 0.263. The van der Waals surface area contributed by atoms with Crippen molar-refractivity contribution in [3.63, 3.8) is 0 Å². The third-order valence-electron chi connectivity index (χ3n) is 5.14. The molecule has 9 nitrogen and oxygen atoms in total. The molecule has 0 unspecified atom stereocenters. The fourth-order valence-electron chi connectivity index (χ4n) is 3.71. The Morgan fingerprint density at radius 1 is 1.00 bits per heavy atom. The van der Waals surface area contributed by atoms with Crippen LogP contribution in [0.15, 0.2) is 35.1 Å². The van der Waals surface area contributed by atoms with E-state index in [0.29, 0.717) is 31.9 Å². The molecule has 2 aromatic rings. The van der Waals surface area contributed by atoms with Gasteiger partial charge < -0.3 is 15.5 Å². The number of fused-ring (bicyclic) bond motifs is 1. The number of nitrogens with zero attached hydrogens (tertiary/aromatic N) is 3. The van der Waals surface area contributed by atoms with Crippen LogP contribution in [0.25, 0.3) is 5.69 Å². The third kappa shape index (κ3) is 2.72. The van der Waals surface area contributed by atoms with Crippen LogP contribution in [0.4, 0.5) is 11.5 Å². The minimum absolute atomic E-state index is 0.00342. The van der Waals surface area contributed by atoms with E-state index in [4.69, 9.17) is 5.73 Å². The van der Waals surface area contributed by atoms with E-state index in [1.807, 2.05) is 12.1 Å². The summed E-state index contributed by atoms with van der Waals surface area (Å²) < 4.78 is 1.25. The van der Waals surface area contributed by atoms with Gasteiger partial charge in [0, 0.05) is 39.2 Å². The molecule has 2 aliphatic rings. The predicted molar refractivity (Wildman–Crippen MR) is 103 cm³/mol. The third-order valence-corrected chi connectivity index (χ3v) is 5.14. The molecule has 0 saturated carbocycles. The minimum atomic E-state index is -0.621. The number of carbonyl (C=O) groups excluding carboxylic acids is 3. The van der Waals surface area contributed by atoms with Crippen LogP contribution in [0.5, 0.6) is 0 Å². The first kappa shape index (κ1) is 17.8. The average molecular weight is 381 g/mol. The largest absolute Gasteiger partial charge is 0.384 e. The van der Waals surface area contributed by atoms with Crippen LogP contribution in [0.2, 0.25) is 0 Å². The molecule has 1 fully saturated rings. The summed E-state index contributed by atoms with van der Waals surface area (Å²) in [5.74, 6) is -1.27. The Morgan fingerprint density at radius 2 is 1.64 bits per heavy atom. The van der Waals surface area contributed by atoms with E-state index >= 15 is 0 Å². The maximum absolute atomic E-state index is 12.7. The minimum Gasteiger partial charge on any atom is -0.384 e. The Balaban J connectivity index is 1.80. The molecule has 9 heteroatoms. The van der Waals surface area contributed by atoms with E-state index in [9.17, 15) is 19.2 Å². The van der Waals surface area contributed by atoms with Gasteiger partial charge in [-0.05, 0) is 12.1 Å². The van der Waals surface area contributed by atoms with Crippen molar-refractivity contribution in [2.45, 2.75) is 6.92 Å². The standard InChI is InChI=1S/C19H19N5O4/c1-11(25)22-6-8-23(9-7-22)13-4-2-3-5-14(13)24-15(26)10-12-16(17(24)20)19(28)21-18(12)27/h2-5,10H,6-9,20H2,1H3,(H,21,27,28). The number of carbonyl (C=O) groups is 3. The van der Waals surface area contributed by atoms with Gasteiger partial charge in [0.05, 0.1) is 22.5 Å². The maximum atomic E-state index is 12.7. The van der Waals surface area contributed by atoms with Crippen LogP contribution in [-0.4, -0.2) is 53.4 Å². The van der Waals surface area contributed by atoms with E-state index < -0.39 is 17.4 Å². The molecule has 0 atom stereocenters. The molecule has 3 N–H and O–H groups in total. The summed E-state index contributed by atoms with van der Waals surface area (Å²) in [7, 11) is 0. The molecule has 1 saturated heterocycles. The molecule has 28 heavy (non-hydrogen) atoms. The highest BCUT2D eigenvalue weighted by Crippen LogP contribution is 2.29. The Hall–Kier alpha value is -3.62. The van der Waals surface area contributed by atoms with Crippen LogP contribution in [-0.2, 0) is 4.79 Å². The van der Waals surface area contributed by atoms with Crippen molar-refractivity contribution in [1.82, 2.24) is 14.8 Å². The molecular weight excluding hydrogens is 362 g/mol. The lowest BCUT2D eigenvalue weighted by atomic mass is 10.1. The van der Waals surface area contributed by atoms with Gasteiger partial charge in [0.25, 0.3) is 17.4 Å². The van der Waals surface area contributed by atoms with Crippen LogP contribution < -0.4 is 21.5 Å². The Morgan fingerprint density at radius 3 is 2.29 bits per heavy atom. The monoisotopic (exact) mass is 381 g/mol. The Kier molecular flexibility index (Phi) is 4.14. The molecule has 144 valence electrons. The van der Waals surface area contributed by atoms with Crippen molar-refractivity contribution >= 4 is 29.2 Å². The van der Waals surface area contributed by atoms with Gasteiger partial charge >= 0.3 is 0 Å². The van der Waals surface area contributed by atoms with Gasteiger partial charge in [-0.1, -0.05) is 12.1 Å². The molecule has 3 heterocycles. The molecule has 1 aromatic carbocycles. The second-order valence-electron chi connectivity index (χ2n) is 6.76. The molecule has 0 bridgehead atoms. The van der Waals surface area contributed by atoms with Crippen LogP contribution in [0.1, 0.15) is 27.6 Å². The first-order chi connectivity index (χ1) is 13.4. The quantitative estimate of drug-likeness (QED) is 0.706. The summed E-state index contributed by atoms with van der Waals surface area (Å²) in [5.41, 5.74) is 6.97. The lowest BCUT2D eigenvalue weighted by molar-refractivity contribution is -0.129. The van der Waals surface area contributed by atoms with Gasteiger partial charge in [-0.25, -0.2) is 0 Å². The van der Waals surface area contributed by atoms with Crippen LogP contribution in [0.3, 0.4) is 0 Å². The second kappa shape index (κ2) is 6.52. The number of hydrogen-bond donors (Lipinski definition) is 2. The molecule has 4 rings (SSSR count). The summed E-state index contributed by atoms with van der Waals surface area (Å²) >= 11 is 0. The number of pyridine rings is 1. The van der Waals surface area contributed by atoms with Gasteiger partial charge in [0.1, 0.15) is 5.82 Å². The highest BCUT2D eigenvalue weighted by molar-refractivity contribution is 6.23. The number of nitrogens with one attached hydrogen (secondary N) is 1. The van der Waals surface area contributed by atoms with Crippen molar-refractivity contribution in [3.05, 3.63) is 51.8 Å². The number of rotatable bonds is 2. The predicted octanol–water partition coefficient (Wildman–Crippen LogP) is -0.0282. The van der Waals surface area contributed by atoms with Gasteiger partial charge in [0.2, 0.25) is 5.91 Å². The van der Waals surface area contributed by atoms with Gasteiger partial charge in [0.15, 0.2) is 0 Å². The van der Waals surface area contributed by atoms with E-state index in [1.165, 1.54) is 4.57 Å². The number of hydrogen-bond acceptors (Lipinski definition) is 6. The van der Waals surface area contributed by atoms with Crippen LogP contribution in [0, 0.1) is 0 Å². The van der Waals surface area contributed by atoms with Crippen molar-refractivity contribution in [2.24, 2.45) is 0 Å². The van der Waals surface area contributed by atoms with Gasteiger partial charge in [-0.2, -0.15) is 0 Å². The lowest BCUT2D eigenvalue weighted by Gasteiger charge is -2.36. The van der Waals surface area contributed by atoms with Crippen molar-refractivity contribution in [1.29, 1.82) is 0 Å². The number of nitrogens with two attached hydrogens (primary N) is 1. The highest BCUT2D eigenvalue weighted by Gasteiger charge is 2.32. The van der Waals surface area contributed by atoms with E-state index in [2.05, 4.69) is 10.2 Å². The zero-order chi connectivity index (χ0) is 20.0. The number of imide groups is 1. The van der Waals surface area contributed by atoms with Crippen molar-refractivity contribution in [2.75, 3.05) is 36.8 Å². The number of benzene rings is 1. The summed E-state index contributed by atoms with van der Waals surface area (Å²) in [5, 5.41) is 2.16. The number of piperazine rings is 1. The van der Waals surface area contributed by atoms with E-state index in [-0.39, 0.29) is 22.9 Å². The maximum Gasteiger partial charge on any atom is 0.262 e. The lowest BCUT2D eigenvalue weighted by Crippen LogP contribution is -2.48. The van der Waals surface area contributed by atoms with Gasteiger partial charge in [-0.3, -0.25) is 29.1 Å². The van der Waals surface area contributed by atoms with E-state index in [0.717, 1.165) is 11.8 Å². The summed E-state index contributed by atoms with van der Waals surface area (Å²) in [6.45, 7) is 3.91. The van der Waals surface area contributed by atoms with Crippen molar-refractivity contribution in [3.8, 4) is 5.69 Å². The average Bonchev–Trinajstić information content (AvgIpc) is 2.96. The Labute approximate surface area is 160 Å². The summed E-state index contributed by atoms with van der Waals surface area (Å²) in [4.78, 5) is 52.1. The zero-order valence-electron chi connectivity index (χ0n) is 15.3. The molecule has 0 spiro atoms. The van der Waals surface area contributed by atoms with Gasteiger partial charge in [-0.15, -0.1) is 0 Å². The number of aromatic nitrogens is 1. The second-order valence-corrected chi connectivity index (χ2v) is 6.76. The number of anilines is 2. The van der Waals surface area contributed by atoms with E-state index in [1.54, 1.807) is 24.0 Å². The molecular formula is C19H19N5O4. The Bertz CT molecular complexity index is 1070. The normalized spacial score (nSPS) is 16.2. The highest BCUT2D eigenvalue weighted by atomic mass is 16.2. The number of nitrogen functional groups attached to an aromatic ring is 1. The first-order valence-electron chi connectivity index (χ1n) is 8.89. The smallest absolute Gasteiger partial charge is 0.262 e. The molecule has 2 aliphatic heterocycles. The molecule has 0 aliphatic carbocycles. The van der Waals surface area contributed by atoms with Crippen LogP contribution >= 0.6 is 0 Å². The number of amides is 3. The SMILES string of the molecule is CC(=O)N1CCN(c2ccccc2-n2c(N)c3c(cc2=O)C(=O)NC3=O)CC1.